The molecule has 0 saturated carbocycles. The van der Waals surface area contributed by atoms with Crippen molar-refractivity contribution >= 4 is 5.71 Å². The monoisotopic (exact) mass is 191 g/mol. The summed E-state index contributed by atoms with van der Waals surface area (Å²) in [4.78, 5) is 0. The third-order valence-corrected chi connectivity index (χ3v) is 2.75. The van der Waals surface area contributed by atoms with Gasteiger partial charge >= 0.3 is 0 Å². The Morgan fingerprint density at radius 2 is 2.00 bits per heavy atom. The van der Waals surface area contributed by atoms with Crippen molar-refractivity contribution in [1.29, 1.82) is 0 Å². The predicted molar refractivity (Wildman–Crippen MR) is 54.5 cm³/mol. The van der Waals surface area contributed by atoms with Crippen LogP contribution in [-0.4, -0.2) is 17.5 Å². The molecule has 0 radical (unpaired) electrons. The van der Waals surface area contributed by atoms with Gasteiger partial charge in [-0.25, -0.2) is 0 Å². The number of hydrogen-bond acceptors (Lipinski definition) is 3. The lowest BCUT2D eigenvalue weighted by Gasteiger charge is -2.08. The van der Waals surface area contributed by atoms with Crippen molar-refractivity contribution in [3.8, 4) is 5.75 Å². The lowest BCUT2D eigenvalue weighted by molar-refractivity contribution is 0.313. The first-order valence-corrected chi connectivity index (χ1v) is 4.60. The normalized spacial score (nSPS) is 16.9. The van der Waals surface area contributed by atoms with Crippen molar-refractivity contribution in [3.63, 3.8) is 0 Å². The van der Waals surface area contributed by atoms with Crippen LogP contribution in [0, 0.1) is 20.8 Å². The van der Waals surface area contributed by atoms with Crippen molar-refractivity contribution in [2.45, 2.75) is 20.8 Å². The van der Waals surface area contributed by atoms with E-state index in [4.69, 9.17) is 9.94 Å². The maximum absolute atomic E-state index is 8.81. The number of benzene rings is 1. The first kappa shape index (κ1) is 9.06. The summed E-state index contributed by atoms with van der Waals surface area (Å²) in [6.45, 7) is 6.45. The fourth-order valence-corrected chi connectivity index (χ4v) is 1.88. The molecule has 0 spiro atoms. The first-order valence-electron chi connectivity index (χ1n) is 4.60. The van der Waals surface area contributed by atoms with Gasteiger partial charge in [0.05, 0.1) is 0 Å². The van der Waals surface area contributed by atoms with Gasteiger partial charge in [0.25, 0.3) is 0 Å². The summed E-state index contributed by atoms with van der Waals surface area (Å²) in [6.07, 6.45) is 0. The molecular formula is C11H13NO2. The van der Waals surface area contributed by atoms with Crippen LogP contribution in [0.3, 0.4) is 0 Å². The van der Waals surface area contributed by atoms with Gasteiger partial charge in [0.15, 0.2) is 0 Å². The minimum absolute atomic E-state index is 0.372. The van der Waals surface area contributed by atoms with Crippen LogP contribution in [0.4, 0.5) is 0 Å². The molecule has 0 unspecified atom stereocenters. The molecule has 0 aromatic heterocycles. The van der Waals surface area contributed by atoms with Crippen LogP contribution >= 0.6 is 0 Å². The van der Waals surface area contributed by atoms with Crippen molar-refractivity contribution in [2.24, 2.45) is 5.16 Å². The smallest absolute Gasteiger partial charge is 0.134 e. The van der Waals surface area contributed by atoms with Crippen LogP contribution in [0.5, 0.6) is 5.75 Å². The number of aryl methyl sites for hydroxylation is 2. The van der Waals surface area contributed by atoms with E-state index in [1.165, 1.54) is 5.56 Å². The number of ether oxygens (including phenoxy) is 1. The van der Waals surface area contributed by atoms with Crippen LogP contribution in [0.2, 0.25) is 0 Å². The maximum Gasteiger partial charge on any atom is 0.134 e. The van der Waals surface area contributed by atoms with Crippen molar-refractivity contribution in [3.05, 3.63) is 28.3 Å². The van der Waals surface area contributed by atoms with E-state index in [0.29, 0.717) is 12.3 Å². The van der Waals surface area contributed by atoms with E-state index in [1.807, 2.05) is 13.8 Å². The minimum Gasteiger partial charge on any atom is -0.486 e. The van der Waals surface area contributed by atoms with E-state index >= 15 is 0 Å². The van der Waals surface area contributed by atoms with Gasteiger partial charge < -0.3 is 9.94 Å². The quantitative estimate of drug-likeness (QED) is 0.504. The highest BCUT2D eigenvalue weighted by atomic mass is 16.5. The molecule has 1 aliphatic heterocycles. The van der Waals surface area contributed by atoms with Gasteiger partial charge in [-0.2, -0.15) is 0 Å². The van der Waals surface area contributed by atoms with E-state index in [9.17, 15) is 0 Å². The summed E-state index contributed by atoms with van der Waals surface area (Å²) >= 11 is 0. The molecule has 14 heavy (non-hydrogen) atoms. The molecule has 0 bridgehead atoms. The van der Waals surface area contributed by atoms with E-state index in [2.05, 4.69) is 18.1 Å². The number of rotatable bonds is 0. The Kier molecular flexibility index (Phi) is 1.95. The minimum atomic E-state index is 0.372. The summed E-state index contributed by atoms with van der Waals surface area (Å²) in [5, 5.41) is 12.1. The fourth-order valence-electron chi connectivity index (χ4n) is 1.88. The van der Waals surface area contributed by atoms with Crippen LogP contribution in [0.1, 0.15) is 22.3 Å². The molecular weight excluding hydrogens is 178 g/mol. The van der Waals surface area contributed by atoms with Crippen LogP contribution in [0.25, 0.3) is 0 Å². The highest BCUT2D eigenvalue weighted by molar-refractivity contribution is 6.07. The molecule has 0 saturated heterocycles. The van der Waals surface area contributed by atoms with Crippen LogP contribution < -0.4 is 4.74 Å². The molecule has 1 aromatic carbocycles. The second-order valence-electron chi connectivity index (χ2n) is 3.67. The summed E-state index contributed by atoms with van der Waals surface area (Å²) in [7, 11) is 0. The molecule has 0 atom stereocenters. The zero-order valence-corrected chi connectivity index (χ0v) is 8.59. The molecule has 0 amide bonds. The molecule has 1 N–H and O–H groups in total. The topological polar surface area (TPSA) is 41.8 Å². The molecule has 1 aliphatic rings. The van der Waals surface area contributed by atoms with E-state index in [0.717, 1.165) is 22.4 Å². The number of oxime groups is 1. The van der Waals surface area contributed by atoms with Crippen molar-refractivity contribution in [1.82, 2.24) is 0 Å². The Balaban J connectivity index is 2.73. The average molecular weight is 191 g/mol. The van der Waals surface area contributed by atoms with Crippen molar-refractivity contribution < 1.29 is 9.94 Å². The summed E-state index contributed by atoms with van der Waals surface area (Å²) < 4.78 is 5.50. The van der Waals surface area contributed by atoms with Gasteiger partial charge in [0.1, 0.15) is 18.1 Å². The molecule has 74 valence electrons. The molecule has 0 aliphatic carbocycles. The van der Waals surface area contributed by atoms with Gasteiger partial charge in [0, 0.05) is 5.56 Å². The Hall–Kier alpha value is -1.51. The van der Waals surface area contributed by atoms with Gasteiger partial charge in [-0.1, -0.05) is 11.2 Å². The number of nitrogens with zero attached hydrogens (tertiary/aromatic N) is 1. The van der Waals surface area contributed by atoms with Crippen LogP contribution in [0.15, 0.2) is 11.2 Å². The molecule has 3 heteroatoms. The summed E-state index contributed by atoms with van der Waals surface area (Å²) in [6, 6.07) is 2.09. The van der Waals surface area contributed by atoms with E-state index in [1.54, 1.807) is 0 Å². The lowest BCUT2D eigenvalue weighted by Crippen LogP contribution is -2.03. The molecule has 1 heterocycles. The second kappa shape index (κ2) is 3.01. The van der Waals surface area contributed by atoms with Gasteiger partial charge in [0.2, 0.25) is 0 Å². The molecule has 3 nitrogen and oxygen atoms in total. The SMILES string of the molecule is Cc1cc(C)c2c(c1C)OC/C2=N/O. The third-order valence-electron chi connectivity index (χ3n) is 2.75. The Bertz CT molecular complexity index is 422. The van der Waals surface area contributed by atoms with Gasteiger partial charge in [-0.15, -0.1) is 0 Å². The highest BCUT2D eigenvalue weighted by Gasteiger charge is 2.24. The largest absolute Gasteiger partial charge is 0.486 e. The maximum atomic E-state index is 8.81. The van der Waals surface area contributed by atoms with E-state index in [-0.39, 0.29) is 0 Å². The zero-order chi connectivity index (χ0) is 10.3. The van der Waals surface area contributed by atoms with Gasteiger partial charge in [-0.3, -0.25) is 0 Å². The lowest BCUT2D eigenvalue weighted by atomic mass is 9.98. The van der Waals surface area contributed by atoms with E-state index < -0.39 is 0 Å². The first-order chi connectivity index (χ1) is 6.65. The third kappa shape index (κ3) is 1.09. The highest BCUT2D eigenvalue weighted by Crippen LogP contribution is 2.34. The number of hydrogen-bond donors (Lipinski definition) is 1. The fraction of sp³-hybridized carbons (Fsp3) is 0.364. The zero-order valence-electron chi connectivity index (χ0n) is 8.59. The predicted octanol–water partition coefficient (Wildman–Crippen LogP) is 2.18. The Morgan fingerprint density at radius 1 is 1.29 bits per heavy atom. The number of fused-ring (bicyclic) bond motifs is 1. The Labute approximate surface area is 83.0 Å². The van der Waals surface area contributed by atoms with Crippen molar-refractivity contribution in [2.75, 3.05) is 6.61 Å². The summed E-state index contributed by atoms with van der Waals surface area (Å²) in [5.74, 6) is 0.871. The van der Waals surface area contributed by atoms with Crippen LogP contribution in [-0.2, 0) is 0 Å². The molecule has 2 rings (SSSR count). The molecule has 0 fully saturated rings. The standard InChI is InChI=1S/C11H13NO2/c1-6-4-7(2)10-9(12-13)5-14-11(10)8(6)3/h4,13H,5H2,1-3H3/b12-9-. The Morgan fingerprint density at radius 3 is 2.64 bits per heavy atom. The second-order valence-corrected chi connectivity index (χ2v) is 3.67. The van der Waals surface area contributed by atoms with Gasteiger partial charge in [-0.05, 0) is 37.5 Å². The molecule has 1 aromatic rings. The summed E-state index contributed by atoms with van der Waals surface area (Å²) in [5.41, 5.74) is 5.02. The average Bonchev–Trinajstić information content (AvgIpc) is 2.58.